The Morgan fingerprint density at radius 3 is 2.48 bits per heavy atom. The van der Waals surface area contributed by atoms with Crippen LogP contribution < -0.4 is 4.72 Å². The molecular formula is C16H12N2O4S. The molecule has 1 aliphatic heterocycles. The van der Waals surface area contributed by atoms with Crippen LogP contribution in [0.15, 0.2) is 47.4 Å². The van der Waals surface area contributed by atoms with E-state index in [4.69, 9.17) is 10.00 Å². The summed E-state index contributed by atoms with van der Waals surface area (Å²) in [7, 11) is -3.99. The normalized spacial score (nSPS) is 13.2. The first-order valence-electron chi connectivity index (χ1n) is 6.76. The number of nitriles is 1. The van der Waals surface area contributed by atoms with Gasteiger partial charge in [-0.15, -0.1) is 0 Å². The molecule has 0 bridgehead atoms. The van der Waals surface area contributed by atoms with Crippen LogP contribution >= 0.6 is 0 Å². The summed E-state index contributed by atoms with van der Waals surface area (Å²) in [5.41, 5.74) is 2.48. The highest BCUT2D eigenvalue weighted by Crippen LogP contribution is 2.21. The quantitative estimate of drug-likeness (QED) is 0.925. The molecule has 0 aromatic heterocycles. The van der Waals surface area contributed by atoms with E-state index in [2.05, 4.69) is 0 Å². The van der Waals surface area contributed by atoms with E-state index >= 15 is 0 Å². The predicted octanol–water partition coefficient (Wildman–Crippen LogP) is 1.71. The van der Waals surface area contributed by atoms with E-state index in [0.717, 1.165) is 11.1 Å². The van der Waals surface area contributed by atoms with Crippen molar-refractivity contribution in [1.82, 2.24) is 4.72 Å². The van der Waals surface area contributed by atoms with Crippen molar-refractivity contribution >= 4 is 15.9 Å². The summed E-state index contributed by atoms with van der Waals surface area (Å²) in [6.07, 6.45) is 0. The fourth-order valence-corrected chi connectivity index (χ4v) is 3.24. The molecule has 0 unspecified atom stereocenters. The molecule has 7 heteroatoms. The van der Waals surface area contributed by atoms with Gasteiger partial charge in [0, 0.05) is 5.56 Å². The monoisotopic (exact) mass is 328 g/mol. The van der Waals surface area contributed by atoms with Crippen LogP contribution in [0.2, 0.25) is 0 Å². The second-order valence-electron chi connectivity index (χ2n) is 5.05. The number of nitrogens with zero attached hydrogens (tertiary/aromatic N) is 1. The summed E-state index contributed by atoms with van der Waals surface area (Å²) in [6.45, 7) is 0.916. The zero-order chi connectivity index (χ0) is 16.4. The summed E-state index contributed by atoms with van der Waals surface area (Å²) < 4.78 is 31.7. The maximum absolute atomic E-state index is 12.2. The Hall–Kier alpha value is -2.69. The van der Waals surface area contributed by atoms with E-state index in [1.165, 1.54) is 24.3 Å². The number of benzene rings is 2. The van der Waals surface area contributed by atoms with Crippen LogP contribution in [0.25, 0.3) is 0 Å². The molecule has 0 spiro atoms. The lowest BCUT2D eigenvalue weighted by Gasteiger charge is -2.08. The van der Waals surface area contributed by atoms with E-state index in [-0.39, 0.29) is 10.5 Å². The lowest BCUT2D eigenvalue weighted by Crippen LogP contribution is -2.30. The Labute approximate surface area is 133 Å². The maximum atomic E-state index is 12.2. The van der Waals surface area contributed by atoms with E-state index < -0.39 is 15.9 Å². The Bertz CT molecular complexity index is 912. The van der Waals surface area contributed by atoms with Crippen LogP contribution in [0.4, 0.5) is 0 Å². The fourth-order valence-electron chi connectivity index (χ4n) is 2.26. The minimum absolute atomic E-state index is 0.0747. The average Bonchev–Trinajstić information content (AvgIpc) is 3.02. The number of carbonyl (C=O) groups excluding carboxylic acids is 1. The van der Waals surface area contributed by atoms with Crippen molar-refractivity contribution in [2.75, 3.05) is 0 Å². The van der Waals surface area contributed by atoms with Gasteiger partial charge in [-0.05, 0) is 47.5 Å². The average molecular weight is 328 g/mol. The second kappa shape index (κ2) is 5.83. The van der Waals surface area contributed by atoms with Crippen molar-refractivity contribution in [1.29, 1.82) is 5.26 Å². The number of nitrogens with one attached hydrogen (secondary N) is 1. The standard InChI is InChI=1S/C16H12N2O4S/c17-8-11-1-5-15(6-2-11)23(20,21)18-16(19)12-3-4-13-9-22-10-14(13)7-12/h1-7H,9-10H2,(H,18,19). The van der Waals surface area contributed by atoms with Gasteiger partial charge in [-0.1, -0.05) is 6.07 Å². The van der Waals surface area contributed by atoms with Crippen molar-refractivity contribution in [2.24, 2.45) is 0 Å². The molecule has 1 heterocycles. The van der Waals surface area contributed by atoms with Crippen molar-refractivity contribution in [3.05, 3.63) is 64.7 Å². The summed E-state index contributed by atoms with van der Waals surface area (Å²) >= 11 is 0. The lowest BCUT2D eigenvalue weighted by molar-refractivity contribution is 0.0981. The first-order chi connectivity index (χ1) is 11.0. The SMILES string of the molecule is N#Cc1ccc(S(=O)(=O)NC(=O)c2ccc3c(c2)COC3)cc1. The first-order valence-corrected chi connectivity index (χ1v) is 8.25. The van der Waals surface area contributed by atoms with Crippen LogP contribution in [0.5, 0.6) is 0 Å². The number of rotatable bonds is 3. The lowest BCUT2D eigenvalue weighted by atomic mass is 10.1. The number of carbonyl (C=O) groups is 1. The Morgan fingerprint density at radius 1 is 1.09 bits per heavy atom. The van der Waals surface area contributed by atoms with Crippen LogP contribution in [-0.2, 0) is 28.0 Å². The van der Waals surface area contributed by atoms with Crippen molar-refractivity contribution in [2.45, 2.75) is 18.1 Å². The van der Waals surface area contributed by atoms with E-state index in [0.29, 0.717) is 18.8 Å². The van der Waals surface area contributed by atoms with Gasteiger partial charge in [0.05, 0.1) is 29.7 Å². The highest BCUT2D eigenvalue weighted by Gasteiger charge is 2.20. The van der Waals surface area contributed by atoms with Gasteiger partial charge in [-0.3, -0.25) is 4.79 Å². The van der Waals surface area contributed by atoms with Gasteiger partial charge in [-0.25, -0.2) is 13.1 Å². The second-order valence-corrected chi connectivity index (χ2v) is 6.73. The number of hydrogen-bond acceptors (Lipinski definition) is 5. The maximum Gasteiger partial charge on any atom is 0.265 e. The third-order valence-electron chi connectivity index (χ3n) is 3.50. The molecule has 0 radical (unpaired) electrons. The Balaban J connectivity index is 1.82. The number of sulfonamides is 1. The number of hydrogen-bond donors (Lipinski definition) is 1. The summed E-state index contributed by atoms with van der Waals surface area (Å²) in [5, 5.41) is 8.72. The van der Waals surface area contributed by atoms with E-state index in [1.54, 1.807) is 18.2 Å². The van der Waals surface area contributed by atoms with Gasteiger partial charge >= 0.3 is 0 Å². The van der Waals surface area contributed by atoms with Crippen molar-refractivity contribution < 1.29 is 17.9 Å². The van der Waals surface area contributed by atoms with Gasteiger partial charge in [0.2, 0.25) is 0 Å². The molecule has 0 saturated heterocycles. The van der Waals surface area contributed by atoms with Gasteiger partial charge in [0.25, 0.3) is 15.9 Å². The number of fused-ring (bicyclic) bond motifs is 1. The van der Waals surface area contributed by atoms with Crippen LogP contribution in [0.1, 0.15) is 27.0 Å². The fraction of sp³-hybridized carbons (Fsp3) is 0.125. The number of amides is 1. The molecule has 0 fully saturated rings. The highest BCUT2D eigenvalue weighted by molar-refractivity contribution is 7.90. The van der Waals surface area contributed by atoms with Crippen molar-refractivity contribution in [3.8, 4) is 6.07 Å². The minimum Gasteiger partial charge on any atom is -0.372 e. The third-order valence-corrected chi connectivity index (χ3v) is 4.85. The third kappa shape index (κ3) is 3.08. The largest absolute Gasteiger partial charge is 0.372 e. The first kappa shape index (κ1) is 15.2. The molecule has 2 aromatic rings. The van der Waals surface area contributed by atoms with Gasteiger partial charge in [0.15, 0.2) is 0 Å². The van der Waals surface area contributed by atoms with Crippen LogP contribution in [-0.4, -0.2) is 14.3 Å². The minimum atomic E-state index is -3.99. The Morgan fingerprint density at radius 2 is 1.78 bits per heavy atom. The molecule has 3 rings (SSSR count). The molecule has 1 aliphatic rings. The molecule has 1 amide bonds. The van der Waals surface area contributed by atoms with Crippen LogP contribution in [0, 0.1) is 11.3 Å². The van der Waals surface area contributed by atoms with Crippen molar-refractivity contribution in [3.63, 3.8) is 0 Å². The predicted molar refractivity (Wildman–Crippen MR) is 80.7 cm³/mol. The molecule has 1 N–H and O–H groups in total. The molecule has 0 atom stereocenters. The highest BCUT2D eigenvalue weighted by atomic mass is 32.2. The molecule has 0 aliphatic carbocycles. The smallest absolute Gasteiger partial charge is 0.265 e. The molecule has 6 nitrogen and oxygen atoms in total. The summed E-state index contributed by atoms with van der Waals surface area (Å²) in [4.78, 5) is 12.1. The zero-order valence-corrected chi connectivity index (χ0v) is 12.8. The Kier molecular flexibility index (Phi) is 3.86. The molecule has 2 aromatic carbocycles. The zero-order valence-electron chi connectivity index (χ0n) is 11.9. The van der Waals surface area contributed by atoms with Gasteiger partial charge in [0.1, 0.15) is 0 Å². The molecular weight excluding hydrogens is 316 g/mol. The van der Waals surface area contributed by atoms with Gasteiger partial charge < -0.3 is 4.74 Å². The topological polar surface area (TPSA) is 96.3 Å². The van der Waals surface area contributed by atoms with E-state index in [9.17, 15) is 13.2 Å². The molecule has 116 valence electrons. The molecule has 23 heavy (non-hydrogen) atoms. The summed E-state index contributed by atoms with van der Waals surface area (Å²) in [5.74, 6) is -0.705. The molecule has 0 saturated carbocycles. The summed E-state index contributed by atoms with van der Waals surface area (Å²) in [6, 6.07) is 12.2. The van der Waals surface area contributed by atoms with Crippen LogP contribution in [0.3, 0.4) is 0 Å². The number of ether oxygens (including phenoxy) is 1. The van der Waals surface area contributed by atoms with Gasteiger partial charge in [-0.2, -0.15) is 5.26 Å². The van der Waals surface area contributed by atoms with E-state index in [1.807, 2.05) is 10.8 Å².